The molecule has 5 nitrogen and oxygen atoms in total. The molecule has 148 valence electrons. The molecule has 0 bridgehead atoms. The summed E-state index contributed by atoms with van der Waals surface area (Å²) in [6, 6.07) is 16.1. The third kappa shape index (κ3) is 3.64. The van der Waals surface area contributed by atoms with Gasteiger partial charge in [-0.2, -0.15) is 0 Å². The van der Waals surface area contributed by atoms with E-state index in [2.05, 4.69) is 23.5 Å². The molecule has 5 heteroatoms. The average molecular weight is 380 g/mol. The molecular weight excluding hydrogens is 352 g/mol. The first-order chi connectivity index (χ1) is 13.7. The van der Waals surface area contributed by atoms with Crippen molar-refractivity contribution in [3.63, 3.8) is 0 Å². The van der Waals surface area contributed by atoms with E-state index in [1.807, 2.05) is 35.2 Å². The van der Waals surface area contributed by atoms with Crippen LogP contribution in [0.3, 0.4) is 0 Å². The Kier molecular flexibility index (Phi) is 5.64. The van der Waals surface area contributed by atoms with Crippen molar-refractivity contribution in [1.82, 2.24) is 10.2 Å². The molecule has 0 spiro atoms. The zero-order chi connectivity index (χ0) is 19.5. The van der Waals surface area contributed by atoms with Gasteiger partial charge in [-0.3, -0.25) is 4.79 Å². The number of ether oxygens (including phenoxy) is 1. The van der Waals surface area contributed by atoms with Gasteiger partial charge in [0.05, 0.1) is 25.8 Å². The van der Waals surface area contributed by atoms with Crippen molar-refractivity contribution in [1.29, 1.82) is 0 Å². The molecule has 1 aliphatic carbocycles. The van der Waals surface area contributed by atoms with Crippen LogP contribution >= 0.6 is 0 Å². The Morgan fingerprint density at radius 3 is 2.64 bits per heavy atom. The zero-order valence-corrected chi connectivity index (χ0v) is 16.3. The second kappa shape index (κ2) is 8.33. The van der Waals surface area contributed by atoms with Crippen molar-refractivity contribution in [3.05, 3.63) is 65.2 Å². The van der Waals surface area contributed by atoms with Gasteiger partial charge in [0.2, 0.25) is 5.91 Å². The average Bonchev–Trinajstić information content (AvgIpc) is 3.15. The summed E-state index contributed by atoms with van der Waals surface area (Å²) in [5.74, 6) is 0.852. The van der Waals surface area contributed by atoms with Gasteiger partial charge in [-0.25, -0.2) is 0 Å². The van der Waals surface area contributed by atoms with Gasteiger partial charge in [-0.1, -0.05) is 42.5 Å². The fourth-order valence-corrected chi connectivity index (χ4v) is 4.56. The summed E-state index contributed by atoms with van der Waals surface area (Å²) >= 11 is 0. The maximum absolute atomic E-state index is 13.2. The molecule has 28 heavy (non-hydrogen) atoms. The summed E-state index contributed by atoms with van der Waals surface area (Å²) in [5.41, 5.74) is 3.44. The topological polar surface area (TPSA) is 61.8 Å². The fourth-order valence-electron chi connectivity index (χ4n) is 4.56. The molecule has 2 aromatic rings. The minimum Gasteiger partial charge on any atom is -0.496 e. The van der Waals surface area contributed by atoms with Gasteiger partial charge in [0, 0.05) is 18.2 Å². The molecule has 3 atom stereocenters. The quantitative estimate of drug-likeness (QED) is 0.837. The number of methoxy groups -OCH3 is 1. The van der Waals surface area contributed by atoms with Crippen LogP contribution in [0.1, 0.15) is 42.0 Å². The first kappa shape index (κ1) is 19.0. The monoisotopic (exact) mass is 380 g/mol. The van der Waals surface area contributed by atoms with Crippen LogP contribution in [0.4, 0.5) is 0 Å². The number of carbonyl (C=O) groups is 1. The highest BCUT2D eigenvalue weighted by Crippen LogP contribution is 2.39. The van der Waals surface area contributed by atoms with Crippen LogP contribution in [0.25, 0.3) is 0 Å². The third-order valence-electron chi connectivity index (χ3n) is 6.03. The predicted octanol–water partition coefficient (Wildman–Crippen LogP) is 2.67. The fraction of sp³-hybridized carbons (Fsp3) is 0.435. The third-order valence-corrected chi connectivity index (χ3v) is 6.03. The van der Waals surface area contributed by atoms with Crippen LogP contribution < -0.4 is 10.1 Å². The molecule has 1 fully saturated rings. The van der Waals surface area contributed by atoms with Gasteiger partial charge in [0.15, 0.2) is 0 Å². The number of nitrogens with zero attached hydrogens (tertiary/aromatic N) is 1. The Morgan fingerprint density at radius 1 is 1.14 bits per heavy atom. The van der Waals surface area contributed by atoms with E-state index in [9.17, 15) is 9.90 Å². The molecule has 0 unspecified atom stereocenters. The molecule has 0 saturated heterocycles. The highest BCUT2D eigenvalue weighted by molar-refractivity contribution is 5.80. The first-order valence-electron chi connectivity index (χ1n) is 10.1. The number of hydrogen-bond acceptors (Lipinski definition) is 4. The van der Waals surface area contributed by atoms with Gasteiger partial charge >= 0.3 is 0 Å². The van der Waals surface area contributed by atoms with Crippen molar-refractivity contribution < 1.29 is 14.6 Å². The Balaban J connectivity index is 1.62. The minimum absolute atomic E-state index is 0.0192. The largest absolute Gasteiger partial charge is 0.496 e. The Bertz CT molecular complexity index is 838. The van der Waals surface area contributed by atoms with E-state index in [4.69, 9.17) is 4.74 Å². The number of aliphatic hydroxyl groups is 1. The SMILES string of the molecule is COc1ccccc1[C@H]1c2ccccc2CCN1C(=O)CN[C@H]1CCC[C@H]1O. The number of carbonyl (C=O) groups excluding carboxylic acids is 1. The van der Waals surface area contributed by atoms with Crippen molar-refractivity contribution in [2.45, 2.75) is 43.9 Å². The summed E-state index contributed by atoms with van der Waals surface area (Å²) in [4.78, 5) is 15.1. The number of amides is 1. The van der Waals surface area contributed by atoms with Crippen LogP contribution in [-0.4, -0.2) is 48.3 Å². The van der Waals surface area contributed by atoms with E-state index in [0.29, 0.717) is 6.54 Å². The predicted molar refractivity (Wildman–Crippen MR) is 108 cm³/mol. The van der Waals surface area contributed by atoms with E-state index in [1.54, 1.807) is 7.11 Å². The van der Waals surface area contributed by atoms with Crippen molar-refractivity contribution in [3.8, 4) is 5.75 Å². The number of nitrogens with one attached hydrogen (secondary N) is 1. The summed E-state index contributed by atoms with van der Waals surface area (Å²) in [6.45, 7) is 0.920. The Labute approximate surface area is 166 Å². The second-order valence-corrected chi connectivity index (χ2v) is 7.67. The van der Waals surface area contributed by atoms with Gasteiger partial charge in [-0.15, -0.1) is 0 Å². The molecule has 0 radical (unpaired) electrons. The Hall–Kier alpha value is -2.37. The Morgan fingerprint density at radius 2 is 1.89 bits per heavy atom. The molecule has 1 saturated carbocycles. The molecule has 1 aliphatic heterocycles. The summed E-state index contributed by atoms with van der Waals surface area (Å²) in [7, 11) is 1.67. The number of fused-ring (bicyclic) bond motifs is 1. The summed E-state index contributed by atoms with van der Waals surface area (Å²) in [6.07, 6.45) is 3.24. The highest BCUT2D eigenvalue weighted by atomic mass is 16.5. The van der Waals surface area contributed by atoms with Gasteiger partial charge in [-0.05, 0) is 42.9 Å². The van der Waals surface area contributed by atoms with Crippen LogP contribution in [0.2, 0.25) is 0 Å². The van der Waals surface area contributed by atoms with Crippen LogP contribution in [-0.2, 0) is 11.2 Å². The standard InChI is InChI=1S/C23H28N2O3/c1-28-21-12-5-4-9-18(21)23-17-8-3-2-7-16(17)13-14-25(23)22(27)15-24-19-10-6-11-20(19)26/h2-5,7-9,12,19-20,23-24,26H,6,10-11,13-15H2,1H3/t19-,20+,23+/m0/s1. The molecular formula is C23H28N2O3. The molecule has 2 N–H and O–H groups in total. The van der Waals surface area contributed by atoms with Crippen molar-refractivity contribution in [2.75, 3.05) is 20.2 Å². The van der Waals surface area contributed by atoms with Crippen LogP contribution in [0.5, 0.6) is 5.75 Å². The van der Waals surface area contributed by atoms with E-state index in [-0.39, 0.29) is 30.6 Å². The number of hydrogen-bond donors (Lipinski definition) is 2. The van der Waals surface area contributed by atoms with E-state index in [1.165, 1.54) is 5.56 Å². The number of benzene rings is 2. The minimum atomic E-state index is -0.347. The molecule has 1 heterocycles. The lowest BCUT2D eigenvalue weighted by Gasteiger charge is -2.38. The first-order valence-corrected chi connectivity index (χ1v) is 10.1. The molecule has 2 aromatic carbocycles. The van der Waals surface area contributed by atoms with E-state index < -0.39 is 0 Å². The van der Waals surface area contributed by atoms with Crippen LogP contribution in [0, 0.1) is 0 Å². The molecule has 2 aliphatic rings. The molecule has 1 amide bonds. The maximum atomic E-state index is 13.2. The van der Waals surface area contributed by atoms with E-state index in [0.717, 1.165) is 42.6 Å². The van der Waals surface area contributed by atoms with Gasteiger partial charge in [0.1, 0.15) is 5.75 Å². The zero-order valence-electron chi connectivity index (χ0n) is 16.3. The lowest BCUT2D eigenvalue weighted by atomic mass is 9.87. The van der Waals surface area contributed by atoms with Crippen molar-refractivity contribution in [2.24, 2.45) is 0 Å². The number of aliphatic hydroxyl groups excluding tert-OH is 1. The second-order valence-electron chi connectivity index (χ2n) is 7.67. The van der Waals surface area contributed by atoms with E-state index >= 15 is 0 Å². The number of rotatable bonds is 5. The lowest BCUT2D eigenvalue weighted by Crippen LogP contribution is -2.47. The smallest absolute Gasteiger partial charge is 0.237 e. The number of para-hydroxylation sites is 1. The van der Waals surface area contributed by atoms with Gasteiger partial charge < -0.3 is 20.1 Å². The van der Waals surface area contributed by atoms with Crippen molar-refractivity contribution >= 4 is 5.91 Å². The summed E-state index contributed by atoms with van der Waals surface area (Å²) in [5, 5.41) is 13.3. The molecule has 0 aromatic heterocycles. The summed E-state index contributed by atoms with van der Waals surface area (Å²) < 4.78 is 5.61. The normalized spacial score (nSPS) is 24.1. The van der Waals surface area contributed by atoms with Crippen LogP contribution in [0.15, 0.2) is 48.5 Å². The lowest BCUT2D eigenvalue weighted by molar-refractivity contribution is -0.132. The molecule has 4 rings (SSSR count). The maximum Gasteiger partial charge on any atom is 0.237 e. The highest BCUT2D eigenvalue weighted by Gasteiger charge is 2.34. The van der Waals surface area contributed by atoms with Gasteiger partial charge in [0.25, 0.3) is 0 Å².